The summed E-state index contributed by atoms with van der Waals surface area (Å²) in [6, 6.07) is 5.18. The molecule has 0 saturated carbocycles. The summed E-state index contributed by atoms with van der Waals surface area (Å²) in [5.74, 6) is -1.93. The molecule has 5 heteroatoms. The van der Waals surface area contributed by atoms with Crippen LogP contribution in [0.1, 0.15) is 11.7 Å². The fraction of sp³-hybridized carbons (Fsp3) is 0.364. The molecule has 0 aromatic heterocycles. The van der Waals surface area contributed by atoms with Gasteiger partial charge in [0, 0.05) is 6.54 Å². The van der Waals surface area contributed by atoms with E-state index in [0.29, 0.717) is 5.56 Å². The van der Waals surface area contributed by atoms with Crippen molar-refractivity contribution in [2.45, 2.75) is 6.10 Å². The van der Waals surface area contributed by atoms with Gasteiger partial charge in [-0.2, -0.15) is 5.26 Å². The number of benzene rings is 1. The molecule has 1 aromatic rings. The van der Waals surface area contributed by atoms with Gasteiger partial charge in [-0.15, -0.1) is 0 Å². The summed E-state index contributed by atoms with van der Waals surface area (Å²) in [6.45, 7) is 0.360. The summed E-state index contributed by atoms with van der Waals surface area (Å²) in [5.41, 5.74) is 0.295. The Balaban J connectivity index is 2.70. The van der Waals surface area contributed by atoms with Crippen molar-refractivity contribution >= 4 is 0 Å². The van der Waals surface area contributed by atoms with Crippen LogP contribution in [-0.4, -0.2) is 30.1 Å². The third kappa shape index (κ3) is 3.26. The standard InChI is InChI=1S/C11H12F2N2O/c1-15(5-4-14)7-11(16)8-2-3-9(12)10(13)6-8/h2-3,6,11,16H,5,7H2,1H3. The lowest BCUT2D eigenvalue weighted by molar-refractivity contribution is 0.132. The van der Waals surface area contributed by atoms with E-state index < -0.39 is 17.7 Å². The number of hydrogen-bond donors (Lipinski definition) is 1. The van der Waals surface area contributed by atoms with E-state index in [4.69, 9.17) is 5.26 Å². The van der Waals surface area contributed by atoms with Crippen molar-refractivity contribution in [3.63, 3.8) is 0 Å². The molecule has 1 aromatic carbocycles. The molecule has 16 heavy (non-hydrogen) atoms. The number of aliphatic hydroxyl groups excluding tert-OH is 1. The Morgan fingerprint density at radius 2 is 2.12 bits per heavy atom. The second kappa shape index (κ2) is 5.54. The molecule has 0 aliphatic rings. The van der Waals surface area contributed by atoms with Crippen molar-refractivity contribution in [3.8, 4) is 6.07 Å². The van der Waals surface area contributed by atoms with Gasteiger partial charge in [-0.3, -0.25) is 4.90 Å². The van der Waals surface area contributed by atoms with Crippen molar-refractivity contribution in [2.24, 2.45) is 0 Å². The minimum absolute atomic E-state index is 0.167. The summed E-state index contributed by atoms with van der Waals surface area (Å²) in [5, 5.41) is 18.1. The number of nitriles is 1. The van der Waals surface area contributed by atoms with Crippen molar-refractivity contribution in [1.29, 1.82) is 5.26 Å². The van der Waals surface area contributed by atoms with Crippen LogP contribution in [0.15, 0.2) is 18.2 Å². The lowest BCUT2D eigenvalue weighted by Crippen LogP contribution is -2.25. The lowest BCUT2D eigenvalue weighted by Gasteiger charge is -2.17. The molecule has 1 unspecified atom stereocenters. The first-order valence-corrected chi connectivity index (χ1v) is 4.73. The molecular weight excluding hydrogens is 214 g/mol. The lowest BCUT2D eigenvalue weighted by atomic mass is 10.1. The summed E-state index contributed by atoms with van der Waals surface area (Å²) < 4.78 is 25.5. The third-order valence-electron chi connectivity index (χ3n) is 2.15. The van der Waals surface area contributed by atoms with Crippen LogP contribution >= 0.6 is 0 Å². The van der Waals surface area contributed by atoms with Crippen molar-refractivity contribution in [1.82, 2.24) is 4.90 Å². The van der Waals surface area contributed by atoms with E-state index in [-0.39, 0.29) is 13.1 Å². The number of hydrogen-bond acceptors (Lipinski definition) is 3. The van der Waals surface area contributed by atoms with Crippen LogP contribution in [0.25, 0.3) is 0 Å². The predicted molar refractivity (Wildman–Crippen MR) is 54.4 cm³/mol. The molecule has 0 amide bonds. The Morgan fingerprint density at radius 1 is 1.44 bits per heavy atom. The highest BCUT2D eigenvalue weighted by Gasteiger charge is 2.12. The van der Waals surface area contributed by atoms with E-state index in [2.05, 4.69) is 0 Å². The highest BCUT2D eigenvalue weighted by Crippen LogP contribution is 2.16. The molecule has 0 spiro atoms. The van der Waals surface area contributed by atoms with Gasteiger partial charge in [-0.1, -0.05) is 6.07 Å². The zero-order chi connectivity index (χ0) is 12.1. The molecule has 1 N–H and O–H groups in total. The third-order valence-corrected chi connectivity index (χ3v) is 2.15. The van der Waals surface area contributed by atoms with Crippen molar-refractivity contribution in [2.75, 3.05) is 20.1 Å². The van der Waals surface area contributed by atoms with Gasteiger partial charge in [-0.05, 0) is 24.7 Å². The van der Waals surface area contributed by atoms with E-state index in [1.807, 2.05) is 6.07 Å². The number of rotatable bonds is 4. The fourth-order valence-corrected chi connectivity index (χ4v) is 1.31. The van der Waals surface area contributed by atoms with Gasteiger partial charge in [0.05, 0.1) is 18.7 Å². The Bertz CT molecular complexity index is 403. The summed E-state index contributed by atoms with van der Waals surface area (Å²) in [7, 11) is 1.66. The van der Waals surface area contributed by atoms with Crippen LogP contribution < -0.4 is 0 Å². The maximum Gasteiger partial charge on any atom is 0.159 e. The van der Waals surface area contributed by atoms with Gasteiger partial charge < -0.3 is 5.11 Å². The van der Waals surface area contributed by atoms with Crippen LogP contribution in [0.2, 0.25) is 0 Å². The van der Waals surface area contributed by atoms with Crippen LogP contribution in [0.3, 0.4) is 0 Å². The highest BCUT2D eigenvalue weighted by atomic mass is 19.2. The predicted octanol–water partition coefficient (Wildman–Crippen LogP) is 1.45. The minimum atomic E-state index is -0.987. The van der Waals surface area contributed by atoms with Crippen LogP contribution in [0.4, 0.5) is 8.78 Å². The Labute approximate surface area is 92.5 Å². The molecule has 0 fully saturated rings. The number of likely N-dealkylation sites (N-methyl/N-ethyl adjacent to an activating group) is 1. The van der Waals surface area contributed by atoms with Gasteiger partial charge in [0.25, 0.3) is 0 Å². The van der Waals surface area contributed by atoms with Crippen LogP contribution in [0.5, 0.6) is 0 Å². The smallest absolute Gasteiger partial charge is 0.159 e. The Morgan fingerprint density at radius 3 is 2.69 bits per heavy atom. The average molecular weight is 226 g/mol. The molecule has 1 atom stereocenters. The zero-order valence-corrected chi connectivity index (χ0v) is 8.82. The van der Waals surface area contributed by atoms with Gasteiger partial charge in [-0.25, -0.2) is 8.78 Å². The number of aliphatic hydroxyl groups is 1. The van der Waals surface area contributed by atoms with E-state index >= 15 is 0 Å². The van der Waals surface area contributed by atoms with E-state index in [0.717, 1.165) is 12.1 Å². The molecular formula is C11H12F2N2O. The molecule has 0 aliphatic heterocycles. The Hall–Kier alpha value is -1.51. The van der Waals surface area contributed by atoms with E-state index in [1.54, 1.807) is 11.9 Å². The zero-order valence-electron chi connectivity index (χ0n) is 8.82. The summed E-state index contributed by atoms with van der Waals surface area (Å²) in [4.78, 5) is 1.59. The normalized spacial score (nSPS) is 12.5. The van der Waals surface area contributed by atoms with Crippen molar-refractivity contribution in [3.05, 3.63) is 35.4 Å². The summed E-state index contributed by atoms with van der Waals surface area (Å²) in [6.07, 6.45) is -0.937. The Kier molecular flexibility index (Phi) is 4.35. The van der Waals surface area contributed by atoms with Gasteiger partial charge in [0.1, 0.15) is 0 Å². The first kappa shape index (κ1) is 12.6. The highest BCUT2D eigenvalue weighted by molar-refractivity contribution is 5.20. The monoisotopic (exact) mass is 226 g/mol. The van der Waals surface area contributed by atoms with E-state index in [9.17, 15) is 13.9 Å². The maximum absolute atomic E-state index is 12.9. The number of halogens is 2. The van der Waals surface area contributed by atoms with Gasteiger partial charge in [0.2, 0.25) is 0 Å². The topological polar surface area (TPSA) is 47.3 Å². The maximum atomic E-state index is 12.9. The molecule has 0 aliphatic carbocycles. The van der Waals surface area contributed by atoms with Gasteiger partial charge >= 0.3 is 0 Å². The second-order valence-corrected chi connectivity index (χ2v) is 3.54. The summed E-state index contributed by atoms with van der Waals surface area (Å²) >= 11 is 0. The van der Waals surface area contributed by atoms with Crippen LogP contribution in [-0.2, 0) is 0 Å². The molecule has 1 rings (SSSR count). The fourth-order valence-electron chi connectivity index (χ4n) is 1.31. The molecule has 0 saturated heterocycles. The first-order valence-electron chi connectivity index (χ1n) is 4.73. The molecule has 86 valence electrons. The van der Waals surface area contributed by atoms with E-state index in [1.165, 1.54) is 6.07 Å². The molecule has 0 heterocycles. The van der Waals surface area contributed by atoms with Gasteiger partial charge in [0.15, 0.2) is 11.6 Å². The largest absolute Gasteiger partial charge is 0.387 e. The molecule has 0 radical (unpaired) electrons. The van der Waals surface area contributed by atoms with Crippen LogP contribution in [0, 0.1) is 23.0 Å². The molecule has 3 nitrogen and oxygen atoms in total. The average Bonchev–Trinajstić information content (AvgIpc) is 2.22. The quantitative estimate of drug-likeness (QED) is 0.790. The molecule has 0 bridgehead atoms. The van der Waals surface area contributed by atoms with Crippen molar-refractivity contribution < 1.29 is 13.9 Å². The SMILES string of the molecule is CN(CC#N)CC(O)c1ccc(F)c(F)c1. The number of nitrogens with zero attached hydrogens (tertiary/aromatic N) is 2. The first-order chi connectivity index (χ1) is 7.54. The minimum Gasteiger partial charge on any atom is -0.387 e. The second-order valence-electron chi connectivity index (χ2n) is 3.54.